The van der Waals surface area contributed by atoms with E-state index in [9.17, 15) is 0 Å². The molecule has 0 bridgehead atoms. The monoisotopic (exact) mass is 268 g/mol. The van der Waals surface area contributed by atoms with E-state index >= 15 is 0 Å². The van der Waals surface area contributed by atoms with Crippen molar-refractivity contribution in [1.82, 2.24) is 0 Å². The summed E-state index contributed by atoms with van der Waals surface area (Å²) in [5.74, 6) is 1.66. The van der Waals surface area contributed by atoms with Crippen LogP contribution in [-0.2, 0) is 0 Å². The first-order valence-corrected chi connectivity index (χ1v) is 7.28. The van der Waals surface area contributed by atoms with E-state index in [2.05, 4.69) is 6.92 Å². The third-order valence-corrected chi connectivity index (χ3v) is 3.71. The molecule has 0 amide bonds. The van der Waals surface area contributed by atoms with Gasteiger partial charge in [0.2, 0.25) is 0 Å². The van der Waals surface area contributed by atoms with E-state index in [1.807, 2.05) is 18.2 Å². The molecule has 3 heteroatoms. The molecule has 2 nitrogen and oxygen atoms in total. The summed E-state index contributed by atoms with van der Waals surface area (Å²) in [5.41, 5.74) is 1.14. The summed E-state index contributed by atoms with van der Waals surface area (Å²) in [4.78, 5) is 0. The number of fused-ring (bicyclic) bond motifs is 1. The lowest BCUT2D eigenvalue weighted by Crippen LogP contribution is -2.15. The van der Waals surface area contributed by atoms with Crippen LogP contribution < -0.4 is 9.47 Å². The highest BCUT2D eigenvalue weighted by atomic mass is 35.5. The van der Waals surface area contributed by atoms with Crippen LogP contribution in [0, 0.1) is 0 Å². The van der Waals surface area contributed by atoms with Gasteiger partial charge in [0.15, 0.2) is 11.5 Å². The van der Waals surface area contributed by atoms with Crippen molar-refractivity contribution in [3.8, 4) is 11.5 Å². The lowest BCUT2D eigenvalue weighted by Gasteiger charge is -2.20. The molecule has 100 valence electrons. The molecule has 1 aromatic carbocycles. The molecular formula is C15H21ClO2. The first-order valence-electron chi connectivity index (χ1n) is 6.85. The van der Waals surface area contributed by atoms with Crippen LogP contribution in [0.15, 0.2) is 18.2 Å². The molecule has 1 heterocycles. The molecule has 1 atom stereocenters. The van der Waals surface area contributed by atoms with Crippen molar-refractivity contribution in [2.75, 3.05) is 13.2 Å². The minimum absolute atomic E-state index is 0.0812. The highest BCUT2D eigenvalue weighted by molar-refractivity contribution is 6.20. The molecule has 0 saturated heterocycles. The number of hydrogen-bond acceptors (Lipinski definition) is 2. The van der Waals surface area contributed by atoms with Crippen molar-refractivity contribution >= 4 is 11.6 Å². The van der Waals surface area contributed by atoms with Crippen LogP contribution in [0.5, 0.6) is 11.5 Å². The Kier molecular flexibility index (Phi) is 5.18. The molecule has 1 aliphatic rings. The van der Waals surface area contributed by atoms with Gasteiger partial charge in [-0.1, -0.05) is 38.7 Å². The van der Waals surface area contributed by atoms with E-state index in [-0.39, 0.29) is 5.38 Å². The molecular weight excluding hydrogens is 248 g/mol. The zero-order valence-corrected chi connectivity index (χ0v) is 11.7. The van der Waals surface area contributed by atoms with Gasteiger partial charge in [-0.25, -0.2) is 0 Å². The average molecular weight is 269 g/mol. The topological polar surface area (TPSA) is 18.5 Å². The predicted molar refractivity (Wildman–Crippen MR) is 74.8 cm³/mol. The Morgan fingerprint density at radius 2 is 1.89 bits per heavy atom. The second-order valence-electron chi connectivity index (χ2n) is 4.72. The van der Waals surface area contributed by atoms with Gasteiger partial charge in [0.1, 0.15) is 13.2 Å². The predicted octanol–water partition coefficient (Wildman–Crippen LogP) is 4.71. The summed E-state index contributed by atoms with van der Waals surface area (Å²) in [6.07, 6.45) is 6.05. The molecule has 0 radical (unpaired) electrons. The molecule has 0 fully saturated rings. The van der Waals surface area contributed by atoms with E-state index in [0.717, 1.165) is 23.5 Å². The van der Waals surface area contributed by atoms with Crippen molar-refractivity contribution in [3.05, 3.63) is 23.8 Å². The number of alkyl halides is 1. The lowest BCUT2D eigenvalue weighted by atomic mass is 10.0. The minimum atomic E-state index is 0.0812. The molecule has 1 unspecified atom stereocenters. The minimum Gasteiger partial charge on any atom is -0.486 e. The number of unbranched alkanes of at least 4 members (excludes halogenated alkanes) is 3. The summed E-state index contributed by atoms with van der Waals surface area (Å²) in [7, 11) is 0. The Bertz CT molecular complexity index is 379. The summed E-state index contributed by atoms with van der Waals surface area (Å²) >= 11 is 6.43. The van der Waals surface area contributed by atoms with Gasteiger partial charge in [-0.3, -0.25) is 0 Å². The van der Waals surface area contributed by atoms with Crippen molar-refractivity contribution in [2.45, 2.75) is 44.4 Å². The van der Waals surface area contributed by atoms with Gasteiger partial charge in [0.05, 0.1) is 5.38 Å². The van der Waals surface area contributed by atoms with Gasteiger partial charge in [0.25, 0.3) is 0 Å². The van der Waals surface area contributed by atoms with Crippen LogP contribution in [0.25, 0.3) is 0 Å². The van der Waals surface area contributed by atoms with Crippen LogP contribution in [-0.4, -0.2) is 13.2 Å². The van der Waals surface area contributed by atoms with Crippen LogP contribution in [0.4, 0.5) is 0 Å². The maximum absolute atomic E-state index is 6.43. The van der Waals surface area contributed by atoms with E-state index in [0.29, 0.717) is 13.2 Å². The summed E-state index contributed by atoms with van der Waals surface area (Å²) in [5, 5.41) is 0.0812. The number of ether oxygens (including phenoxy) is 2. The van der Waals surface area contributed by atoms with E-state index in [1.54, 1.807) is 0 Å². The third kappa shape index (κ3) is 3.55. The first kappa shape index (κ1) is 13.5. The normalized spacial score (nSPS) is 15.4. The maximum atomic E-state index is 6.43. The standard InChI is InChI=1S/C15H21ClO2/c1-2-3-4-5-6-13(16)12-7-8-14-15(11-12)18-10-9-17-14/h7-8,11,13H,2-6,9-10H2,1H3. The second kappa shape index (κ2) is 6.89. The number of rotatable bonds is 6. The highest BCUT2D eigenvalue weighted by Crippen LogP contribution is 2.35. The Labute approximate surface area is 114 Å². The molecule has 0 N–H and O–H groups in total. The second-order valence-corrected chi connectivity index (χ2v) is 5.25. The van der Waals surface area contributed by atoms with Crippen LogP contribution in [0.2, 0.25) is 0 Å². The molecule has 1 aliphatic heterocycles. The Hall–Kier alpha value is -0.890. The molecule has 1 aromatic rings. The largest absolute Gasteiger partial charge is 0.486 e. The van der Waals surface area contributed by atoms with Crippen LogP contribution in [0.3, 0.4) is 0 Å². The van der Waals surface area contributed by atoms with Crippen LogP contribution in [0.1, 0.15) is 50.0 Å². The molecule has 18 heavy (non-hydrogen) atoms. The SMILES string of the molecule is CCCCCCC(Cl)c1ccc2c(c1)OCCO2. The number of hydrogen-bond donors (Lipinski definition) is 0. The Morgan fingerprint density at radius 1 is 1.11 bits per heavy atom. The molecule has 2 rings (SSSR count). The first-order chi connectivity index (χ1) is 8.81. The zero-order chi connectivity index (χ0) is 12.8. The summed E-state index contributed by atoms with van der Waals surface area (Å²) < 4.78 is 11.1. The lowest BCUT2D eigenvalue weighted by molar-refractivity contribution is 0.171. The van der Waals surface area contributed by atoms with Crippen molar-refractivity contribution in [1.29, 1.82) is 0 Å². The van der Waals surface area contributed by atoms with Gasteiger partial charge in [0, 0.05) is 0 Å². The van der Waals surface area contributed by atoms with Gasteiger partial charge in [-0.05, 0) is 24.1 Å². The Balaban J connectivity index is 1.91. The third-order valence-electron chi connectivity index (χ3n) is 3.24. The molecule has 0 saturated carbocycles. The van der Waals surface area contributed by atoms with Gasteiger partial charge < -0.3 is 9.47 Å². The Morgan fingerprint density at radius 3 is 2.67 bits per heavy atom. The fourth-order valence-electron chi connectivity index (χ4n) is 2.17. The summed E-state index contributed by atoms with van der Waals surface area (Å²) in [6.45, 7) is 3.48. The molecule has 0 aromatic heterocycles. The quantitative estimate of drug-likeness (QED) is 0.550. The maximum Gasteiger partial charge on any atom is 0.161 e. The van der Waals surface area contributed by atoms with Gasteiger partial charge in [-0.15, -0.1) is 11.6 Å². The van der Waals surface area contributed by atoms with Crippen molar-refractivity contribution in [2.24, 2.45) is 0 Å². The van der Waals surface area contributed by atoms with Gasteiger partial charge in [-0.2, -0.15) is 0 Å². The smallest absolute Gasteiger partial charge is 0.161 e. The van der Waals surface area contributed by atoms with E-state index < -0.39 is 0 Å². The number of benzene rings is 1. The molecule has 0 aliphatic carbocycles. The zero-order valence-electron chi connectivity index (χ0n) is 11.0. The van der Waals surface area contributed by atoms with Crippen molar-refractivity contribution < 1.29 is 9.47 Å². The van der Waals surface area contributed by atoms with Crippen molar-refractivity contribution in [3.63, 3.8) is 0 Å². The van der Waals surface area contributed by atoms with Crippen LogP contribution >= 0.6 is 11.6 Å². The highest BCUT2D eigenvalue weighted by Gasteiger charge is 2.15. The summed E-state index contributed by atoms with van der Waals surface area (Å²) in [6, 6.07) is 6.03. The molecule has 0 spiro atoms. The fraction of sp³-hybridized carbons (Fsp3) is 0.600. The number of halogens is 1. The fourth-order valence-corrected chi connectivity index (χ4v) is 2.46. The van der Waals surface area contributed by atoms with Gasteiger partial charge >= 0.3 is 0 Å². The van der Waals surface area contributed by atoms with E-state index in [4.69, 9.17) is 21.1 Å². The average Bonchev–Trinajstić information content (AvgIpc) is 2.43. The van der Waals surface area contributed by atoms with E-state index in [1.165, 1.54) is 25.7 Å².